The Morgan fingerprint density at radius 2 is 1.86 bits per heavy atom. The first-order chi connectivity index (χ1) is 10.0. The zero-order valence-corrected chi connectivity index (χ0v) is 12.9. The largest absolute Gasteiger partial charge is 0.459 e. The Hall–Kier alpha value is -1.75. The summed E-state index contributed by atoms with van der Waals surface area (Å²) in [4.78, 5) is 23.5. The highest BCUT2D eigenvalue weighted by molar-refractivity contribution is 6.17. The molecule has 0 saturated carbocycles. The van der Waals surface area contributed by atoms with Gasteiger partial charge >= 0.3 is 12.1 Å². The van der Waals surface area contributed by atoms with E-state index >= 15 is 0 Å². The number of alkyl carbamates (subject to hydrolysis) is 1. The monoisotopic (exact) mass is 313 g/mol. The van der Waals surface area contributed by atoms with Crippen molar-refractivity contribution in [2.24, 2.45) is 5.92 Å². The lowest BCUT2D eigenvalue weighted by Crippen LogP contribution is -2.42. The molecule has 6 heteroatoms. The molecule has 116 valence electrons. The molecule has 0 aliphatic heterocycles. The van der Waals surface area contributed by atoms with Crippen LogP contribution in [0.2, 0.25) is 0 Å². The smallest absolute Gasteiger partial charge is 0.409 e. The van der Waals surface area contributed by atoms with Gasteiger partial charge in [0.1, 0.15) is 12.6 Å². The average Bonchev–Trinajstić information content (AvgIpc) is 2.45. The van der Waals surface area contributed by atoms with Gasteiger partial charge < -0.3 is 14.8 Å². The van der Waals surface area contributed by atoms with Crippen LogP contribution < -0.4 is 5.32 Å². The van der Waals surface area contributed by atoms with Gasteiger partial charge in [0.2, 0.25) is 0 Å². The summed E-state index contributed by atoms with van der Waals surface area (Å²) in [6.07, 6.45) is -0.266. The van der Waals surface area contributed by atoms with E-state index in [1.54, 1.807) is 0 Å². The molecule has 1 amide bonds. The van der Waals surface area contributed by atoms with Crippen LogP contribution in [0.1, 0.15) is 25.8 Å². The molecule has 1 N–H and O–H groups in total. The maximum Gasteiger partial charge on any atom is 0.409 e. The highest BCUT2D eigenvalue weighted by Crippen LogP contribution is 2.09. The Kier molecular flexibility index (Phi) is 7.61. The van der Waals surface area contributed by atoms with Crippen LogP contribution in [0.3, 0.4) is 0 Å². The summed E-state index contributed by atoms with van der Waals surface area (Å²) in [6.45, 7) is 4.07. The number of carbonyl (C=O) groups excluding carboxylic acids is 2. The zero-order valence-electron chi connectivity index (χ0n) is 12.2. The van der Waals surface area contributed by atoms with Gasteiger partial charge in [-0.1, -0.05) is 55.8 Å². The van der Waals surface area contributed by atoms with E-state index in [0.29, 0.717) is 6.42 Å². The van der Waals surface area contributed by atoms with Crippen LogP contribution in [0.15, 0.2) is 30.3 Å². The Morgan fingerprint density at radius 1 is 1.19 bits per heavy atom. The summed E-state index contributed by atoms with van der Waals surface area (Å²) in [5.74, 6) is -0.269. The molecule has 21 heavy (non-hydrogen) atoms. The maximum atomic E-state index is 12.1. The third-order valence-corrected chi connectivity index (χ3v) is 2.80. The first kappa shape index (κ1) is 17.3. The second-order valence-corrected chi connectivity index (χ2v) is 5.18. The molecule has 0 aromatic heterocycles. The number of alkyl halides is 1. The van der Waals surface area contributed by atoms with E-state index in [-0.39, 0.29) is 18.6 Å². The number of nitrogens with one attached hydrogen (secondary N) is 1. The number of esters is 1. The Morgan fingerprint density at radius 3 is 2.43 bits per heavy atom. The fourth-order valence-electron chi connectivity index (χ4n) is 1.75. The van der Waals surface area contributed by atoms with E-state index in [0.717, 1.165) is 5.56 Å². The molecular weight excluding hydrogens is 294 g/mol. The number of benzene rings is 1. The van der Waals surface area contributed by atoms with Gasteiger partial charge in [0.25, 0.3) is 0 Å². The molecule has 0 bridgehead atoms. The molecule has 1 atom stereocenters. The van der Waals surface area contributed by atoms with E-state index in [2.05, 4.69) is 10.1 Å². The summed E-state index contributed by atoms with van der Waals surface area (Å²) in [7, 11) is 0. The summed E-state index contributed by atoms with van der Waals surface area (Å²) in [5, 5.41) is 2.47. The number of halogens is 1. The van der Waals surface area contributed by atoms with Crippen molar-refractivity contribution < 1.29 is 19.1 Å². The van der Waals surface area contributed by atoms with E-state index in [1.165, 1.54) is 0 Å². The lowest BCUT2D eigenvalue weighted by Gasteiger charge is -2.18. The molecule has 0 aliphatic rings. The van der Waals surface area contributed by atoms with Crippen LogP contribution in [0.5, 0.6) is 0 Å². The predicted octanol–water partition coefficient (Wildman–Crippen LogP) is 3.07. The third-order valence-electron chi connectivity index (χ3n) is 2.69. The van der Waals surface area contributed by atoms with Gasteiger partial charge in [0.05, 0.1) is 0 Å². The Bertz CT molecular complexity index is 450. The van der Waals surface area contributed by atoms with Gasteiger partial charge in [0.15, 0.2) is 6.07 Å². The van der Waals surface area contributed by atoms with E-state index in [4.69, 9.17) is 16.3 Å². The summed E-state index contributed by atoms with van der Waals surface area (Å²) in [6, 6.07) is 8.33. The number of carbonyl (C=O) groups is 2. The van der Waals surface area contributed by atoms with Crippen LogP contribution in [0.4, 0.5) is 4.79 Å². The van der Waals surface area contributed by atoms with Crippen molar-refractivity contribution in [3.8, 4) is 0 Å². The van der Waals surface area contributed by atoms with Crippen LogP contribution >= 0.6 is 11.6 Å². The standard InChI is InChI=1S/C15H20ClNO4/c1-11(2)8-13(17-15(19)21-10-16)14(18)20-9-12-6-4-3-5-7-12/h3-7,11,13H,8-10H2,1-2H3,(H,17,19)/t13-/m1/s1. The highest BCUT2D eigenvalue weighted by atomic mass is 35.5. The number of amides is 1. The van der Waals surface area contributed by atoms with Crippen LogP contribution in [0.25, 0.3) is 0 Å². The van der Waals surface area contributed by atoms with Crippen molar-refractivity contribution in [2.45, 2.75) is 32.9 Å². The second kappa shape index (κ2) is 9.23. The number of rotatable bonds is 7. The molecule has 5 nitrogen and oxygen atoms in total. The lowest BCUT2D eigenvalue weighted by atomic mass is 10.0. The van der Waals surface area contributed by atoms with E-state index in [9.17, 15) is 9.59 Å². The molecule has 0 radical (unpaired) electrons. The normalized spacial score (nSPS) is 11.8. The quantitative estimate of drug-likeness (QED) is 0.620. The minimum Gasteiger partial charge on any atom is -0.459 e. The van der Waals surface area contributed by atoms with Crippen LogP contribution in [-0.4, -0.2) is 24.2 Å². The fourth-order valence-corrected chi connectivity index (χ4v) is 1.85. The summed E-state index contributed by atoms with van der Waals surface area (Å²) in [5.41, 5.74) is 0.887. The Labute approximate surface area is 129 Å². The van der Waals surface area contributed by atoms with Crippen molar-refractivity contribution in [2.75, 3.05) is 6.07 Å². The first-order valence-electron chi connectivity index (χ1n) is 6.72. The second-order valence-electron chi connectivity index (χ2n) is 4.96. The molecule has 1 rings (SSSR count). The van der Waals surface area contributed by atoms with Gasteiger partial charge in [0, 0.05) is 0 Å². The van der Waals surface area contributed by atoms with Gasteiger partial charge in [-0.05, 0) is 17.9 Å². The van der Waals surface area contributed by atoms with Gasteiger partial charge in [-0.3, -0.25) is 0 Å². The van der Waals surface area contributed by atoms with E-state index in [1.807, 2.05) is 44.2 Å². The fraction of sp³-hybridized carbons (Fsp3) is 0.467. The molecule has 1 aromatic rings. The van der Waals surface area contributed by atoms with Crippen LogP contribution in [0, 0.1) is 5.92 Å². The van der Waals surface area contributed by atoms with Crippen molar-refractivity contribution in [3.05, 3.63) is 35.9 Å². The topological polar surface area (TPSA) is 64.6 Å². The zero-order chi connectivity index (χ0) is 15.7. The number of hydrogen-bond donors (Lipinski definition) is 1. The van der Waals surface area contributed by atoms with Crippen molar-refractivity contribution in [1.82, 2.24) is 5.32 Å². The van der Waals surface area contributed by atoms with E-state index < -0.39 is 18.1 Å². The highest BCUT2D eigenvalue weighted by Gasteiger charge is 2.24. The van der Waals surface area contributed by atoms with Crippen molar-refractivity contribution in [3.63, 3.8) is 0 Å². The summed E-state index contributed by atoms with van der Waals surface area (Å²) >= 11 is 5.31. The molecule has 0 spiro atoms. The SMILES string of the molecule is CC(C)C[C@@H](NC(=O)OCCl)C(=O)OCc1ccccc1. The van der Waals surface area contributed by atoms with Gasteiger partial charge in [-0.15, -0.1) is 0 Å². The minimum absolute atomic E-state index is 0.167. The third kappa shape index (κ3) is 6.99. The average molecular weight is 314 g/mol. The van der Waals surface area contributed by atoms with Crippen molar-refractivity contribution >= 4 is 23.7 Å². The molecule has 0 saturated heterocycles. The number of ether oxygens (including phenoxy) is 2. The lowest BCUT2D eigenvalue weighted by molar-refractivity contribution is -0.147. The summed E-state index contributed by atoms with van der Waals surface area (Å²) < 4.78 is 9.80. The molecule has 0 fully saturated rings. The minimum atomic E-state index is -0.746. The van der Waals surface area contributed by atoms with Gasteiger partial charge in [-0.2, -0.15) is 0 Å². The number of hydrogen-bond acceptors (Lipinski definition) is 4. The first-order valence-corrected chi connectivity index (χ1v) is 7.26. The maximum absolute atomic E-state index is 12.1. The van der Waals surface area contributed by atoms with Crippen molar-refractivity contribution in [1.29, 1.82) is 0 Å². The molecular formula is C15H20ClNO4. The van der Waals surface area contributed by atoms with Crippen LogP contribution in [-0.2, 0) is 20.9 Å². The molecule has 0 aliphatic carbocycles. The molecule has 0 unspecified atom stereocenters. The van der Waals surface area contributed by atoms with Gasteiger partial charge in [-0.25, -0.2) is 9.59 Å². The predicted molar refractivity (Wildman–Crippen MR) is 79.8 cm³/mol. The Balaban J connectivity index is 2.56. The molecule has 1 aromatic carbocycles. The molecule has 0 heterocycles.